The average molecular weight is 220 g/mol. The Morgan fingerprint density at radius 2 is 2.06 bits per heavy atom. The van der Waals surface area contributed by atoms with Crippen molar-refractivity contribution in [3.8, 4) is 0 Å². The SMILES string of the molecule is Cc1nc(CN(C)Cc2cn[nH]c2C)n[nH]1. The van der Waals surface area contributed by atoms with Gasteiger partial charge in [-0.2, -0.15) is 10.2 Å². The lowest BCUT2D eigenvalue weighted by Crippen LogP contribution is -2.18. The molecule has 86 valence electrons. The van der Waals surface area contributed by atoms with Crippen LogP contribution in [0.3, 0.4) is 0 Å². The largest absolute Gasteiger partial charge is 0.295 e. The van der Waals surface area contributed by atoms with E-state index in [1.54, 1.807) is 0 Å². The zero-order valence-corrected chi connectivity index (χ0v) is 9.78. The van der Waals surface area contributed by atoms with E-state index in [1.165, 1.54) is 5.56 Å². The van der Waals surface area contributed by atoms with Gasteiger partial charge in [0.2, 0.25) is 0 Å². The highest BCUT2D eigenvalue weighted by atomic mass is 15.2. The molecule has 0 spiro atoms. The molecule has 0 aliphatic rings. The van der Waals surface area contributed by atoms with Crippen molar-refractivity contribution in [3.05, 3.63) is 29.1 Å². The number of aromatic nitrogens is 5. The monoisotopic (exact) mass is 220 g/mol. The van der Waals surface area contributed by atoms with E-state index in [0.29, 0.717) is 0 Å². The van der Waals surface area contributed by atoms with Crippen LogP contribution in [0.25, 0.3) is 0 Å². The van der Waals surface area contributed by atoms with Gasteiger partial charge in [0.05, 0.1) is 12.7 Å². The first kappa shape index (κ1) is 10.8. The Morgan fingerprint density at radius 3 is 2.62 bits per heavy atom. The van der Waals surface area contributed by atoms with Crippen LogP contribution >= 0.6 is 0 Å². The summed E-state index contributed by atoms with van der Waals surface area (Å²) in [5.41, 5.74) is 2.31. The molecule has 2 rings (SSSR count). The smallest absolute Gasteiger partial charge is 0.164 e. The van der Waals surface area contributed by atoms with Crippen molar-refractivity contribution in [2.24, 2.45) is 0 Å². The van der Waals surface area contributed by atoms with Crippen LogP contribution in [0, 0.1) is 13.8 Å². The maximum absolute atomic E-state index is 4.27. The summed E-state index contributed by atoms with van der Waals surface area (Å²) in [6.45, 7) is 5.49. The minimum Gasteiger partial charge on any atom is -0.295 e. The highest BCUT2D eigenvalue weighted by Gasteiger charge is 2.07. The van der Waals surface area contributed by atoms with Gasteiger partial charge >= 0.3 is 0 Å². The number of H-pyrrole nitrogens is 2. The second-order valence-corrected chi connectivity index (χ2v) is 4.03. The molecular formula is C10H16N6. The van der Waals surface area contributed by atoms with Crippen molar-refractivity contribution >= 4 is 0 Å². The van der Waals surface area contributed by atoms with Gasteiger partial charge in [0.1, 0.15) is 5.82 Å². The molecule has 0 amide bonds. The fourth-order valence-electron chi connectivity index (χ4n) is 1.58. The van der Waals surface area contributed by atoms with E-state index in [4.69, 9.17) is 0 Å². The molecule has 2 aromatic rings. The third-order valence-corrected chi connectivity index (χ3v) is 2.43. The summed E-state index contributed by atoms with van der Waals surface area (Å²) in [7, 11) is 2.04. The molecule has 0 unspecified atom stereocenters. The van der Waals surface area contributed by atoms with E-state index in [-0.39, 0.29) is 0 Å². The lowest BCUT2D eigenvalue weighted by molar-refractivity contribution is 0.310. The van der Waals surface area contributed by atoms with E-state index in [1.807, 2.05) is 27.1 Å². The summed E-state index contributed by atoms with van der Waals surface area (Å²) >= 11 is 0. The Balaban J connectivity index is 1.94. The molecule has 2 aromatic heterocycles. The minimum absolute atomic E-state index is 0.731. The maximum atomic E-state index is 4.27. The van der Waals surface area contributed by atoms with E-state index < -0.39 is 0 Å². The van der Waals surface area contributed by atoms with E-state index >= 15 is 0 Å². The van der Waals surface area contributed by atoms with Crippen molar-refractivity contribution in [1.82, 2.24) is 30.3 Å². The number of nitrogens with one attached hydrogen (secondary N) is 2. The van der Waals surface area contributed by atoms with Crippen molar-refractivity contribution < 1.29 is 0 Å². The van der Waals surface area contributed by atoms with Crippen LogP contribution in [0.4, 0.5) is 0 Å². The predicted molar refractivity (Wildman–Crippen MR) is 59.6 cm³/mol. The molecule has 0 aliphatic carbocycles. The number of nitrogens with zero attached hydrogens (tertiary/aromatic N) is 4. The van der Waals surface area contributed by atoms with Crippen LogP contribution in [0.15, 0.2) is 6.20 Å². The van der Waals surface area contributed by atoms with Crippen molar-refractivity contribution in [3.63, 3.8) is 0 Å². The van der Waals surface area contributed by atoms with Crippen LogP contribution in [-0.4, -0.2) is 37.3 Å². The quantitative estimate of drug-likeness (QED) is 0.798. The van der Waals surface area contributed by atoms with Gasteiger partial charge in [-0.1, -0.05) is 0 Å². The molecule has 0 radical (unpaired) electrons. The normalized spacial score (nSPS) is 11.2. The topological polar surface area (TPSA) is 73.5 Å². The Labute approximate surface area is 94.1 Å². The fraction of sp³-hybridized carbons (Fsp3) is 0.500. The summed E-state index contributed by atoms with van der Waals surface area (Å²) in [6.07, 6.45) is 1.86. The molecule has 2 N–H and O–H groups in total. The third-order valence-electron chi connectivity index (χ3n) is 2.43. The predicted octanol–water partition coefficient (Wildman–Crippen LogP) is 0.777. The standard InChI is InChI=1S/C10H16N6/c1-7-9(4-11-13-7)5-16(3)6-10-12-8(2)14-15-10/h4H,5-6H2,1-3H3,(H,11,13)(H,12,14,15). The molecule has 2 heterocycles. The minimum atomic E-state index is 0.731. The Kier molecular flexibility index (Phi) is 3.00. The highest BCUT2D eigenvalue weighted by Crippen LogP contribution is 2.07. The molecule has 0 saturated carbocycles. The van der Waals surface area contributed by atoms with Crippen molar-refractivity contribution in [2.45, 2.75) is 26.9 Å². The molecule has 0 aliphatic heterocycles. The van der Waals surface area contributed by atoms with Gasteiger partial charge in [0.25, 0.3) is 0 Å². The number of aromatic amines is 2. The number of aryl methyl sites for hydroxylation is 2. The van der Waals surface area contributed by atoms with Crippen LogP contribution in [0.2, 0.25) is 0 Å². The molecular weight excluding hydrogens is 204 g/mol. The van der Waals surface area contributed by atoms with Gasteiger partial charge in [0, 0.05) is 17.8 Å². The zero-order valence-electron chi connectivity index (χ0n) is 9.78. The molecule has 0 bridgehead atoms. The first-order chi connectivity index (χ1) is 7.65. The first-order valence-electron chi connectivity index (χ1n) is 5.20. The number of rotatable bonds is 4. The van der Waals surface area contributed by atoms with Crippen LogP contribution in [-0.2, 0) is 13.1 Å². The van der Waals surface area contributed by atoms with Gasteiger partial charge in [-0.15, -0.1) is 0 Å². The van der Waals surface area contributed by atoms with Crippen LogP contribution in [0.5, 0.6) is 0 Å². The average Bonchev–Trinajstić information content (AvgIpc) is 2.77. The van der Waals surface area contributed by atoms with Crippen LogP contribution < -0.4 is 0 Å². The molecule has 6 nitrogen and oxygen atoms in total. The van der Waals surface area contributed by atoms with E-state index in [2.05, 4.69) is 30.3 Å². The van der Waals surface area contributed by atoms with Gasteiger partial charge in [-0.05, 0) is 20.9 Å². The zero-order chi connectivity index (χ0) is 11.5. The van der Waals surface area contributed by atoms with Gasteiger partial charge < -0.3 is 0 Å². The van der Waals surface area contributed by atoms with E-state index in [9.17, 15) is 0 Å². The number of hydrogen-bond acceptors (Lipinski definition) is 4. The summed E-state index contributed by atoms with van der Waals surface area (Å²) in [5.74, 6) is 1.67. The highest BCUT2D eigenvalue weighted by molar-refractivity contribution is 5.13. The van der Waals surface area contributed by atoms with Crippen molar-refractivity contribution in [1.29, 1.82) is 0 Å². The number of hydrogen-bond donors (Lipinski definition) is 2. The molecule has 0 atom stereocenters. The molecule has 16 heavy (non-hydrogen) atoms. The van der Waals surface area contributed by atoms with Crippen molar-refractivity contribution in [2.75, 3.05) is 7.05 Å². The Morgan fingerprint density at radius 1 is 1.25 bits per heavy atom. The summed E-state index contributed by atoms with van der Waals surface area (Å²) in [4.78, 5) is 6.42. The molecule has 0 aromatic carbocycles. The summed E-state index contributed by atoms with van der Waals surface area (Å²) in [5, 5.41) is 13.9. The van der Waals surface area contributed by atoms with Gasteiger partial charge in [0.15, 0.2) is 5.82 Å². The van der Waals surface area contributed by atoms with Gasteiger partial charge in [-0.3, -0.25) is 15.1 Å². The van der Waals surface area contributed by atoms with E-state index in [0.717, 1.165) is 30.4 Å². The van der Waals surface area contributed by atoms with Gasteiger partial charge in [-0.25, -0.2) is 4.98 Å². The third kappa shape index (κ3) is 2.46. The Hall–Kier alpha value is -1.69. The maximum Gasteiger partial charge on any atom is 0.164 e. The fourth-order valence-corrected chi connectivity index (χ4v) is 1.58. The summed E-state index contributed by atoms with van der Waals surface area (Å²) < 4.78 is 0. The summed E-state index contributed by atoms with van der Waals surface area (Å²) in [6, 6.07) is 0. The Bertz CT molecular complexity index is 457. The lowest BCUT2D eigenvalue weighted by atomic mass is 10.2. The first-order valence-corrected chi connectivity index (χ1v) is 5.20. The second-order valence-electron chi connectivity index (χ2n) is 4.03. The molecule has 0 fully saturated rings. The molecule has 0 saturated heterocycles. The lowest BCUT2D eigenvalue weighted by Gasteiger charge is -2.13. The second kappa shape index (κ2) is 4.44. The van der Waals surface area contributed by atoms with Crippen LogP contribution in [0.1, 0.15) is 22.9 Å². The molecule has 6 heteroatoms.